The second kappa shape index (κ2) is 73.7. The van der Waals surface area contributed by atoms with E-state index >= 15 is 0 Å². The van der Waals surface area contributed by atoms with Gasteiger partial charge in [0, 0.05) is 21.3 Å². The number of methoxy groups -OCH3 is 3. The van der Waals surface area contributed by atoms with Crippen molar-refractivity contribution in [2.75, 3.05) is 299 Å². The van der Waals surface area contributed by atoms with Gasteiger partial charge >= 0.3 is 17.9 Å². The van der Waals surface area contributed by atoms with E-state index in [1.165, 1.54) is 0 Å². The lowest BCUT2D eigenvalue weighted by Gasteiger charge is -2.09. The molecule has 0 bridgehead atoms. The summed E-state index contributed by atoms with van der Waals surface area (Å²) in [7, 11) is 4.92. The Morgan fingerprint density at radius 3 is 0.455 bits per heavy atom. The third-order valence-corrected chi connectivity index (χ3v) is 12.4. The maximum Gasteiger partial charge on any atom is 0.338 e. The van der Waals surface area contributed by atoms with Gasteiger partial charge in [0.05, 0.1) is 274 Å². The molecule has 564 valence electrons. The van der Waals surface area contributed by atoms with Crippen molar-refractivity contribution in [3.63, 3.8) is 0 Å². The minimum Gasteiger partial charge on any atom is -0.460 e. The Morgan fingerprint density at radius 1 is 0.212 bits per heavy atom. The summed E-state index contributed by atoms with van der Waals surface area (Å²) < 4.78 is 127. The van der Waals surface area contributed by atoms with E-state index in [9.17, 15) is 14.4 Å². The Labute approximate surface area is 586 Å². The lowest BCUT2D eigenvalue weighted by molar-refractivity contribution is -0.0235. The molecule has 27 heteroatoms. The molecule has 0 fully saturated rings. The van der Waals surface area contributed by atoms with Crippen molar-refractivity contribution in [1.29, 1.82) is 0 Å². The lowest BCUT2D eigenvalue weighted by Crippen LogP contribution is -2.15. The molecule has 0 spiro atoms. The van der Waals surface area contributed by atoms with Crippen molar-refractivity contribution in [2.45, 2.75) is 0 Å². The van der Waals surface area contributed by atoms with Gasteiger partial charge < -0.3 is 114 Å². The normalized spacial score (nSPS) is 10.9. The number of rotatable bonds is 69. The Hall–Kier alpha value is -5.55. The van der Waals surface area contributed by atoms with Crippen LogP contribution in [-0.2, 0) is 114 Å². The molecule has 99 heavy (non-hydrogen) atoms. The SMILES string of the molecule is C=Cc1ccc(C(=O)OCCOCCOCCOCCOCCOCCOC)cc1.C=Cc1ccc(C(=O)OCCOCCOCCOCCOCCOCCOCCOC)cc1.C=Cc1ccc(C(=O)OCCOCCOCCOCCOCCOCCOCCOCCOC)cc1. The Bertz CT molecular complexity index is 2280. The first-order chi connectivity index (χ1) is 48.8. The van der Waals surface area contributed by atoms with Crippen LogP contribution in [0.5, 0.6) is 0 Å². The summed E-state index contributed by atoms with van der Waals surface area (Å²) in [6, 6.07) is 21.1. The molecule has 0 atom stereocenters. The molecule has 0 aliphatic carbocycles. The molecule has 3 rings (SSSR count). The zero-order chi connectivity index (χ0) is 71.5. The van der Waals surface area contributed by atoms with Crippen LogP contribution in [0.15, 0.2) is 92.5 Å². The summed E-state index contributed by atoms with van der Waals surface area (Å²) in [5.74, 6) is -1.12. The second-order valence-electron chi connectivity index (χ2n) is 19.9. The van der Waals surface area contributed by atoms with Crippen LogP contribution in [-0.4, -0.2) is 317 Å². The molecule has 0 saturated heterocycles. The molecule has 0 saturated carbocycles. The van der Waals surface area contributed by atoms with Crippen molar-refractivity contribution >= 4 is 36.1 Å². The highest BCUT2D eigenvalue weighted by Crippen LogP contribution is 2.10. The molecule has 27 nitrogen and oxygen atoms in total. The van der Waals surface area contributed by atoms with Gasteiger partial charge in [0.15, 0.2) is 0 Å². The van der Waals surface area contributed by atoms with E-state index in [1.54, 1.807) is 76.0 Å². The minimum atomic E-state index is -0.375. The number of ether oxygens (including phenoxy) is 24. The van der Waals surface area contributed by atoms with E-state index in [2.05, 4.69) is 19.7 Å². The number of esters is 3. The van der Waals surface area contributed by atoms with Gasteiger partial charge in [0.1, 0.15) is 19.8 Å². The summed E-state index contributed by atoms with van der Waals surface area (Å²) in [4.78, 5) is 35.6. The highest BCUT2D eigenvalue weighted by molar-refractivity contribution is 5.90. The van der Waals surface area contributed by atoms with E-state index < -0.39 is 0 Å². The van der Waals surface area contributed by atoms with E-state index in [-0.39, 0.29) is 37.7 Å². The topological polar surface area (TPSA) is 273 Å². The first-order valence-corrected chi connectivity index (χ1v) is 33.4. The maximum atomic E-state index is 11.9. The van der Waals surface area contributed by atoms with Gasteiger partial charge in [-0.2, -0.15) is 0 Å². The van der Waals surface area contributed by atoms with E-state index in [0.29, 0.717) is 274 Å². The van der Waals surface area contributed by atoms with Gasteiger partial charge in [0.2, 0.25) is 0 Å². The Morgan fingerprint density at radius 2 is 0.333 bits per heavy atom. The zero-order valence-corrected chi connectivity index (χ0v) is 59.0. The fraction of sp³-hybridized carbons (Fsp3) is 0.625. The summed E-state index contributed by atoms with van der Waals surface area (Å²) in [6.45, 7) is 31.0. The monoisotopic (exact) mass is 1410 g/mol. The van der Waals surface area contributed by atoms with Crippen LogP contribution in [0, 0.1) is 0 Å². The van der Waals surface area contributed by atoms with Gasteiger partial charge in [-0.15, -0.1) is 0 Å². The van der Waals surface area contributed by atoms with Crippen LogP contribution in [0.2, 0.25) is 0 Å². The third kappa shape index (κ3) is 60.9. The number of carbonyl (C=O) groups is 3. The number of benzene rings is 3. The van der Waals surface area contributed by atoms with E-state index in [0.717, 1.165) is 16.7 Å². The van der Waals surface area contributed by atoms with Crippen LogP contribution in [0.25, 0.3) is 18.2 Å². The minimum absolute atomic E-state index is 0.190. The molecular formula is C72H114O27. The highest BCUT2D eigenvalue weighted by atomic mass is 16.6. The molecule has 0 N–H and O–H groups in total. The quantitative estimate of drug-likeness (QED) is 0.0323. The van der Waals surface area contributed by atoms with Crippen molar-refractivity contribution in [2.24, 2.45) is 0 Å². The first kappa shape index (κ1) is 91.5. The Kier molecular flexibility index (Phi) is 68.1. The summed E-state index contributed by atoms with van der Waals surface area (Å²) in [5.41, 5.74) is 4.36. The predicted octanol–water partition coefficient (Wildman–Crippen LogP) is 6.70. The molecular weight excluding hydrogens is 1300 g/mol. The molecule has 0 heterocycles. The molecule has 3 aromatic rings. The summed E-state index contributed by atoms with van der Waals surface area (Å²) >= 11 is 0. The molecule has 0 aliphatic rings. The second-order valence-corrected chi connectivity index (χ2v) is 19.9. The van der Waals surface area contributed by atoms with Crippen molar-refractivity contribution in [1.82, 2.24) is 0 Å². The fourth-order valence-corrected chi connectivity index (χ4v) is 7.13. The largest absolute Gasteiger partial charge is 0.460 e. The molecule has 0 amide bonds. The molecule has 0 radical (unpaired) electrons. The maximum absolute atomic E-state index is 11.9. The number of carbonyl (C=O) groups excluding carboxylic acids is 3. The number of hydrogen-bond acceptors (Lipinski definition) is 27. The van der Waals surface area contributed by atoms with Crippen molar-refractivity contribution in [3.8, 4) is 0 Å². The third-order valence-electron chi connectivity index (χ3n) is 12.4. The van der Waals surface area contributed by atoms with Gasteiger partial charge in [-0.25, -0.2) is 14.4 Å². The van der Waals surface area contributed by atoms with Gasteiger partial charge in [-0.1, -0.05) is 74.4 Å². The van der Waals surface area contributed by atoms with Gasteiger partial charge in [-0.05, 0) is 53.1 Å². The molecule has 0 unspecified atom stereocenters. The average molecular weight is 1410 g/mol. The van der Waals surface area contributed by atoms with Gasteiger partial charge in [0.25, 0.3) is 0 Å². The predicted molar refractivity (Wildman–Crippen MR) is 371 cm³/mol. The molecule has 0 aromatic heterocycles. The lowest BCUT2D eigenvalue weighted by atomic mass is 10.1. The van der Waals surface area contributed by atoms with E-state index in [1.807, 2.05) is 36.4 Å². The van der Waals surface area contributed by atoms with Crippen molar-refractivity contribution in [3.05, 3.63) is 126 Å². The summed E-state index contributed by atoms with van der Waals surface area (Å²) in [6.07, 6.45) is 5.15. The summed E-state index contributed by atoms with van der Waals surface area (Å²) in [5, 5.41) is 0. The van der Waals surface area contributed by atoms with E-state index in [4.69, 9.17) is 114 Å². The van der Waals surface area contributed by atoms with Crippen LogP contribution < -0.4 is 0 Å². The standard InChI is InChI=1S/C26H42O10.C24H38O9.C22H34O8/c1-3-24-4-6-25(7-5-24)26(27)36-23-22-35-21-20-34-19-18-33-17-16-32-15-14-31-13-12-30-11-10-29-9-8-28-2;1-3-22-4-6-23(7-5-22)24(25)33-21-20-32-19-18-31-17-16-30-15-14-29-13-12-28-11-10-27-9-8-26-2;1-3-20-4-6-21(7-5-20)22(23)30-19-18-29-17-16-28-15-14-27-13-12-26-11-10-25-9-8-24-2/h3-7H,1,8-23H2,2H3;3-7H,1,8-21H2,2H3;3-7H,1,8-19H2,2H3. The van der Waals surface area contributed by atoms with Crippen LogP contribution in [0.1, 0.15) is 47.8 Å². The average Bonchev–Trinajstić information content (AvgIpc) is 1.21. The highest BCUT2D eigenvalue weighted by Gasteiger charge is 2.09. The smallest absolute Gasteiger partial charge is 0.338 e. The Balaban J connectivity index is 0.000000746. The zero-order valence-electron chi connectivity index (χ0n) is 59.0. The number of hydrogen-bond donors (Lipinski definition) is 0. The first-order valence-electron chi connectivity index (χ1n) is 33.4. The van der Waals surface area contributed by atoms with Crippen molar-refractivity contribution < 1.29 is 128 Å². The fourth-order valence-electron chi connectivity index (χ4n) is 7.13. The van der Waals surface area contributed by atoms with Crippen LogP contribution >= 0.6 is 0 Å². The van der Waals surface area contributed by atoms with Crippen LogP contribution in [0.4, 0.5) is 0 Å². The van der Waals surface area contributed by atoms with Crippen LogP contribution in [0.3, 0.4) is 0 Å². The van der Waals surface area contributed by atoms with Gasteiger partial charge in [-0.3, -0.25) is 0 Å². The molecule has 3 aromatic carbocycles. The molecule has 0 aliphatic heterocycles.